The van der Waals surface area contributed by atoms with E-state index in [4.69, 9.17) is 5.21 Å². The van der Waals surface area contributed by atoms with Crippen LogP contribution in [-0.4, -0.2) is 39.7 Å². The lowest BCUT2D eigenvalue weighted by Gasteiger charge is -2.26. The van der Waals surface area contributed by atoms with Gasteiger partial charge in [0, 0.05) is 11.8 Å². The number of halogens is 1. The molecule has 0 fully saturated rings. The van der Waals surface area contributed by atoms with Gasteiger partial charge in [-0.15, -0.1) is 5.53 Å². The van der Waals surface area contributed by atoms with Crippen molar-refractivity contribution in [2.24, 2.45) is 0 Å². The Hall–Kier alpha value is -4.25. The molecule has 6 N–H and O–H groups in total. The number of rotatable bonds is 10. The molecule has 0 bridgehead atoms. The highest BCUT2D eigenvalue weighted by molar-refractivity contribution is 5.94. The number of amides is 2. The molecule has 2 amide bonds. The van der Waals surface area contributed by atoms with Crippen molar-refractivity contribution in [3.63, 3.8) is 0 Å². The number of aliphatic hydroxyl groups excluding tert-OH is 1. The molecule has 0 saturated heterocycles. The summed E-state index contributed by atoms with van der Waals surface area (Å²) < 4.78 is 13.1. The van der Waals surface area contributed by atoms with Crippen LogP contribution in [0.15, 0.2) is 84.7 Å². The first-order valence-corrected chi connectivity index (χ1v) is 11.7. The van der Waals surface area contributed by atoms with Gasteiger partial charge in [0.1, 0.15) is 5.82 Å². The first-order valence-electron chi connectivity index (χ1n) is 11.7. The summed E-state index contributed by atoms with van der Waals surface area (Å²) in [6.45, 7) is 0.162. The van der Waals surface area contributed by atoms with E-state index in [1.165, 1.54) is 24.3 Å². The van der Waals surface area contributed by atoms with E-state index in [0.717, 1.165) is 22.3 Å². The Morgan fingerprint density at radius 3 is 2.43 bits per heavy atom. The second kappa shape index (κ2) is 12.1. The lowest BCUT2D eigenvalue weighted by atomic mass is 9.97. The minimum absolute atomic E-state index is 0.00627. The molecule has 37 heavy (non-hydrogen) atoms. The maximum Gasteiger partial charge on any atom is 0.251 e. The number of aliphatic hydroxyl groups is 1. The molecular formula is C27H28FN5O4. The van der Waals surface area contributed by atoms with Crippen LogP contribution in [0.3, 0.4) is 0 Å². The fraction of sp³-hybridized carbons (Fsp3) is 0.185. The number of hydroxylamine groups is 1. The molecule has 1 heterocycles. The summed E-state index contributed by atoms with van der Waals surface area (Å²) in [4.78, 5) is 24.4. The van der Waals surface area contributed by atoms with E-state index in [1.807, 2.05) is 48.5 Å². The fourth-order valence-corrected chi connectivity index (χ4v) is 4.02. The van der Waals surface area contributed by atoms with E-state index in [-0.39, 0.29) is 31.5 Å². The Morgan fingerprint density at radius 2 is 1.73 bits per heavy atom. The lowest BCUT2D eigenvalue weighted by Crippen LogP contribution is -2.46. The third kappa shape index (κ3) is 6.91. The van der Waals surface area contributed by atoms with Crippen LogP contribution in [0.1, 0.15) is 27.9 Å². The van der Waals surface area contributed by atoms with Crippen molar-refractivity contribution in [1.29, 1.82) is 0 Å². The van der Waals surface area contributed by atoms with Gasteiger partial charge in [0.25, 0.3) is 5.91 Å². The van der Waals surface area contributed by atoms with Gasteiger partial charge in [-0.05, 0) is 52.9 Å². The van der Waals surface area contributed by atoms with Crippen molar-refractivity contribution in [3.8, 4) is 11.1 Å². The maximum absolute atomic E-state index is 13.1. The maximum atomic E-state index is 13.1. The van der Waals surface area contributed by atoms with E-state index in [9.17, 15) is 19.1 Å². The molecule has 4 rings (SSSR count). The van der Waals surface area contributed by atoms with Crippen LogP contribution in [0.25, 0.3) is 11.1 Å². The topological polar surface area (TPSA) is 126 Å². The molecule has 0 aromatic heterocycles. The van der Waals surface area contributed by atoms with Crippen molar-refractivity contribution in [2.75, 3.05) is 6.54 Å². The monoisotopic (exact) mass is 505 g/mol. The predicted molar refractivity (Wildman–Crippen MR) is 135 cm³/mol. The number of hydrazine groups is 2. The zero-order chi connectivity index (χ0) is 26.2. The van der Waals surface area contributed by atoms with Gasteiger partial charge in [-0.1, -0.05) is 48.5 Å². The lowest BCUT2D eigenvalue weighted by molar-refractivity contribution is -0.130. The Labute approximate surface area is 213 Å². The molecule has 1 aliphatic heterocycles. The molecule has 192 valence electrons. The number of hydrogen-bond acceptors (Lipinski definition) is 7. The summed E-state index contributed by atoms with van der Waals surface area (Å²) >= 11 is 0. The second-order valence-electron chi connectivity index (χ2n) is 8.64. The Bertz CT molecular complexity index is 1260. The van der Waals surface area contributed by atoms with Crippen molar-refractivity contribution in [1.82, 2.24) is 26.8 Å². The van der Waals surface area contributed by atoms with Crippen molar-refractivity contribution < 1.29 is 24.3 Å². The van der Waals surface area contributed by atoms with Gasteiger partial charge in [0.2, 0.25) is 5.91 Å². The van der Waals surface area contributed by atoms with Gasteiger partial charge >= 0.3 is 0 Å². The minimum Gasteiger partial charge on any atom is -0.392 e. The zero-order valence-electron chi connectivity index (χ0n) is 19.9. The zero-order valence-corrected chi connectivity index (χ0v) is 19.9. The molecule has 0 saturated carbocycles. The fourth-order valence-electron chi connectivity index (χ4n) is 4.02. The summed E-state index contributed by atoms with van der Waals surface area (Å²) in [5.41, 5.74) is 12.5. The van der Waals surface area contributed by atoms with Crippen LogP contribution in [0.2, 0.25) is 0 Å². The largest absolute Gasteiger partial charge is 0.392 e. The molecule has 0 spiro atoms. The first kappa shape index (κ1) is 25.8. The van der Waals surface area contributed by atoms with Crippen LogP contribution in [0.5, 0.6) is 0 Å². The molecular weight excluding hydrogens is 477 g/mol. The Kier molecular flexibility index (Phi) is 8.47. The van der Waals surface area contributed by atoms with Crippen LogP contribution >= 0.6 is 0 Å². The number of carbonyl (C=O) groups excluding carboxylic acids is 2. The van der Waals surface area contributed by atoms with E-state index >= 15 is 0 Å². The minimum atomic E-state index is -0.533. The molecule has 10 heteroatoms. The molecule has 3 aromatic carbocycles. The van der Waals surface area contributed by atoms with E-state index in [0.29, 0.717) is 17.7 Å². The Balaban J connectivity index is 1.44. The smallest absolute Gasteiger partial charge is 0.251 e. The summed E-state index contributed by atoms with van der Waals surface area (Å²) in [6.07, 6.45) is 2.24. The van der Waals surface area contributed by atoms with Gasteiger partial charge in [-0.25, -0.2) is 9.87 Å². The third-order valence-corrected chi connectivity index (χ3v) is 5.99. The van der Waals surface area contributed by atoms with Crippen molar-refractivity contribution in [3.05, 3.63) is 107 Å². The molecule has 1 atom stereocenters. The molecule has 0 aliphatic carbocycles. The average Bonchev–Trinajstić information content (AvgIpc) is 3.41. The summed E-state index contributed by atoms with van der Waals surface area (Å²) in [6, 6.07) is 20.5. The highest BCUT2D eigenvalue weighted by atomic mass is 19.1. The van der Waals surface area contributed by atoms with E-state index in [2.05, 4.69) is 16.3 Å². The number of hydrogen-bond donors (Lipinski definition) is 6. The number of nitrogens with one attached hydrogen (secondary N) is 4. The molecule has 0 unspecified atom stereocenters. The normalized spacial score (nSPS) is 13.5. The second-order valence-corrected chi connectivity index (χ2v) is 8.64. The summed E-state index contributed by atoms with van der Waals surface area (Å²) in [5, 5.41) is 22.8. The van der Waals surface area contributed by atoms with Crippen LogP contribution in [-0.2, 0) is 17.8 Å². The molecule has 3 aromatic rings. The SMILES string of the molecule is O=C(C[C@@H](Cc1cccc(-c2ccc(CO)cc2)c1)N1C=C(CNC(=O)c2ccc(F)cc2)NN1)NO. The van der Waals surface area contributed by atoms with E-state index in [1.54, 1.807) is 16.7 Å². The highest BCUT2D eigenvalue weighted by Gasteiger charge is 2.24. The molecule has 1 aliphatic rings. The Morgan fingerprint density at radius 1 is 0.973 bits per heavy atom. The van der Waals surface area contributed by atoms with Gasteiger partial charge in [-0.2, -0.15) is 0 Å². The predicted octanol–water partition coefficient (Wildman–Crippen LogP) is 2.39. The van der Waals surface area contributed by atoms with Crippen LogP contribution in [0.4, 0.5) is 4.39 Å². The highest BCUT2D eigenvalue weighted by Crippen LogP contribution is 2.23. The standard InChI is InChI=1S/C27H28FN5O4/c28-23-10-8-21(9-11-23)27(36)29-15-24-16-33(32-30-24)25(14-26(35)31-37)13-19-2-1-3-22(12-19)20-6-4-18(17-34)5-7-20/h1-12,16,25,30,32,34,37H,13-15,17H2,(H,29,36)(H,31,35)/t25-/m1/s1. The first-order chi connectivity index (χ1) is 17.9. The van der Waals surface area contributed by atoms with Gasteiger partial charge in [0.15, 0.2) is 0 Å². The van der Waals surface area contributed by atoms with Crippen LogP contribution in [0, 0.1) is 5.82 Å². The molecule has 9 nitrogen and oxygen atoms in total. The van der Waals surface area contributed by atoms with Gasteiger partial charge < -0.3 is 15.8 Å². The quantitative estimate of drug-likeness (QED) is 0.185. The van der Waals surface area contributed by atoms with Gasteiger partial charge in [-0.3, -0.25) is 19.8 Å². The summed E-state index contributed by atoms with van der Waals surface area (Å²) in [7, 11) is 0. The number of carbonyl (C=O) groups is 2. The van der Waals surface area contributed by atoms with Gasteiger partial charge in [0.05, 0.1) is 31.3 Å². The van der Waals surface area contributed by atoms with Crippen LogP contribution < -0.4 is 21.8 Å². The number of nitrogens with zero attached hydrogens (tertiary/aromatic N) is 1. The summed E-state index contributed by atoms with van der Waals surface area (Å²) in [5.74, 6) is -1.30. The van der Waals surface area contributed by atoms with E-state index < -0.39 is 11.7 Å². The third-order valence-electron chi connectivity index (χ3n) is 5.99. The van der Waals surface area contributed by atoms with Crippen molar-refractivity contribution in [2.45, 2.75) is 25.5 Å². The average molecular weight is 506 g/mol. The molecule has 0 radical (unpaired) electrons. The number of benzene rings is 3. The van der Waals surface area contributed by atoms with Crippen molar-refractivity contribution >= 4 is 11.8 Å².